The lowest BCUT2D eigenvalue weighted by Gasteiger charge is -2.14. The van der Waals surface area contributed by atoms with E-state index in [1.54, 1.807) is 30.3 Å². The smallest absolute Gasteiger partial charge is 0.326 e. The molecule has 0 bridgehead atoms. The summed E-state index contributed by atoms with van der Waals surface area (Å²) in [5.41, 5.74) is 0.516. The Kier molecular flexibility index (Phi) is 5.34. The van der Waals surface area contributed by atoms with Crippen molar-refractivity contribution in [2.24, 2.45) is 0 Å². The average molecular weight is 266 g/mol. The Hall–Kier alpha value is -2.57. The highest BCUT2D eigenvalue weighted by molar-refractivity contribution is 5.92. The van der Waals surface area contributed by atoms with Crippen molar-refractivity contribution >= 4 is 23.7 Å². The first-order chi connectivity index (χ1) is 8.99. The average Bonchev–Trinajstić information content (AvgIpc) is 2.35. The summed E-state index contributed by atoms with van der Waals surface area (Å²) in [6.07, 6.45) is -0.505. The first kappa shape index (κ1) is 14.5. The van der Waals surface area contributed by atoms with E-state index in [1.165, 1.54) is 0 Å². The molecule has 1 rings (SSSR count). The second-order valence-corrected chi connectivity index (χ2v) is 3.79. The fourth-order valence-corrected chi connectivity index (χ4v) is 1.37. The first-order valence-electron chi connectivity index (χ1n) is 5.56. The molecule has 1 unspecified atom stereocenters. The van der Waals surface area contributed by atoms with Crippen LogP contribution in [0.4, 0.5) is 10.5 Å². The van der Waals surface area contributed by atoms with Gasteiger partial charge in [-0.25, -0.2) is 9.59 Å². The summed E-state index contributed by atoms with van der Waals surface area (Å²) in [6, 6.07) is 6.57. The first-order valence-corrected chi connectivity index (χ1v) is 5.56. The van der Waals surface area contributed by atoms with Crippen molar-refractivity contribution < 1.29 is 24.6 Å². The van der Waals surface area contributed by atoms with Crippen molar-refractivity contribution in [3.05, 3.63) is 30.3 Å². The normalized spacial score (nSPS) is 11.4. The molecule has 7 nitrogen and oxygen atoms in total. The van der Waals surface area contributed by atoms with E-state index in [0.29, 0.717) is 5.69 Å². The summed E-state index contributed by atoms with van der Waals surface area (Å²) in [4.78, 5) is 32.8. The minimum Gasteiger partial charge on any atom is -0.481 e. The van der Waals surface area contributed by atoms with Gasteiger partial charge in [-0.15, -0.1) is 0 Å². The van der Waals surface area contributed by atoms with Crippen molar-refractivity contribution in [1.82, 2.24) is 5.32 Å². The quantitative estimate of drug-likeness (QED) is 0.616. The van der Waals surface area contributed by atoms with Gasteiger partial charge in [-0.05, 0) is 18.6 Å². The number of rotatable bonds is 6. The highest BCUT2D eigenvalue weighted by Gasteiger charge is 2.20. The van der Waals surface area contributed by atoms with E-state index < -0.39 is 24.0 Å². The van der Waals surface area contributed by atoms with Crippen LogP contribution in [0.3, 0.4) is 0 Å². The van der Waals surface area contributed by atoms with Gasteiger partial charge in [0.15, 0.2) is 0 Å². The van der Waals surface area contributed by atoms with Crippen LogP contribution in [0.5, 0.6) is 0 Å². The van der Waals surface area contributed by atoms with Crippen LogP contribution in [0.15, 0.2) is 30.3 Å². The number of nitrogens with one attached hydrogen (secondary N) is 2. The Morgan fingerprint density at radius 2 is 1.74 bits per heavy atom. The molecule has 0 aliphatic carbocycles. The number of carbonyl (C=O) groups is 3. The van der Waals surface area contributed by atoms with E-state index in [-0.39, 0.29) is 12.8 Å². The molecule has 0 aliphatic rings. The van der Waals surface area contributed by atoms with E-state index in [9.17, 15) is 14.4 Å². The molecule has 1 aromatic carbocycles. The number of hydrogen-bond acceptors (Lipinski definition) is 3. The summed E-state index contributed by atoms with van der Waals surface area (Å²) in [7, 11) is 0. The van der Waals surface area contributed by atoms with Crippen LogP contribution in [0, 0.1) is 0 Å². The molecular formula is C12H14N2O5. The number of carbonyl (C=O) groups excluding carboxylic acids is 1. The third kappa shape index (κ3) is 5.53. The lowest BCUT2D eigenvalue weighted by molar-refractivity contribution is -0.140. The van der Waals surface area contributed by atoms with Gasteiger partial charge in [0.2, 0.25) is 0 Å². The van der Waals surface area contributed by atoms with Crippen molar-refractivity contribution in [3.63, 3.8) is 0 Å². The molecular weight excluding hydrogens is 252 g/mol. The zero-order chi connectivity index (χ0) is 14.3. The topological polar surface area (TPSA) is 116 Å². The van der Waals surface area contributed by atoms with Crippen LogP contribution in [-0.4, -0.2) is 34.2 Å². The Labute approximate surface area is 109 Å². The van der Waals surface area contributed by atoms with Gasteiger partial charge in [0.1, 0.15) is 6.04 Å². The third-order valence-corrected chi connectivity index (χ3v) is 2.28. The highest BCUT2D eigenvalue weighted by atomic mass is 16.4. The number of aliphatic carboxylic acids is 2. The molecule has 7 heteroatoms. The van der Waals surface area contributed by atoms with Gasteiger partial charge in [-0.1, -0.05) is 18.2 Å². The van der Waals surface area contributed by atoms with Gasteiger partial charge in [-0.3, -0.25) is 4.79 Å². The van der Waals surface area contributed by atoms with E-state index in [2.05, 4.69) is 10.6 Å². The van der Waals surface area contributed by atoms with Gasteiger partial charge in [-0.2, -0.15) is 0 Å². The molecule has 19 heavy (non-hydrogen) atoms. The molecule has 0 saturated heterocycles. The molecule has 0 radical (unpaired) electrons. The van der Waals surface area contributed by atoms with Crippen LogP contribution in [0.1, 0.15) is 12.8 Å². The highest BCUT2D eigenvalue weighted by Crippen LogP contribution is 2.05. The SMILES string of the molecule is O=C(O)CCC(NC(=O)Nc1ccccc1)C(=O)O. The molecule has 0 aliphatic heterocycles. The molecule has 2 amide bonds. The lowest BCUT2D eigenvalue weighted by Crippen LogP contribution is -2.43. The van der Waals surface area contributed by atoms with Gasteiger partial charge in [0.05, 0.1) is 0 Å². The Bertz CT molecular complexity index is 460. The van der Waals surface area contributed by atoms with Crippen molar-refractivity contribution in [2.75, 3.05) is 5.32 Å². The monoisotopic (exact) mass is 266 g/mol. The molecule has 1 atom stereocenters. The standard InChI is InChI=1S/C12H14N2O5/c15-10(16)7-6-9(11(17)18)14-12(19)13-8-4-2-1-3-5-8/h1-5,9H,6-7H2,(H,15,16)(H,17,18)(H2,13,14,19). The van der Waals surface area contributed by atoms with Gasteiger partial charge in [0.25, 0.3) is 0 Å². The van der Waals surface area contributed by atoms with Crippen LogP contribution in [0.25, 0.3) is 0 Å². The van der Waals surface area contributed by atoms with Crippen molar-refractivity contribution in [2.45, 2.75) is 18.9 Å². The van der Waals surface area contributed by atoms with Crippen LogP contribution in [-0.2, 0) is 9.59 Å². The maximum atomic E-state index is 11.5. The molecule has 0 aromatic heterocycles. The molecule has 102 valence electrons. The molecule has 0 heterocycles. The Balaban J connectivity index is 2.52. The summed E-state index contributed by atoms with van der Waals surface area (Å²) in [5.74, 6) is -2.39. The molecule has 0 fully saturated rings. The largest absolute Gasteiger partial charge is 0.481 e. The molecule has 1 aromatic rings. The second-order valence-electron chi connectivity index (χ2n) is 3.79. The summed E-state index contributed by atoms with van der Waals surface area (Å²) >= 11 is 0. The Morgan fingerprint density at radius 3 is 2.26 bits per heavy atom. The Morgan fingerprint density at radius 1 is 1.11 bits per heavy atom. The van der Waals surface area contributed by atoms with E-state index in [1.807, 2.05) is 0 Å². The molecule has 4 N–H and O–H groups in total. The number of para-hydroxylation sites is 1. The van der Waals surface area contributed by atoms with Crippen LogP contribution in [0.2, 0.25) is 0 Å². The minimum absolute atomic E-state index is 0.174. The van der Waals surface area contributed by atoms with E-state index >= 15 is 0 Å². The minimum atomic E-state index is -1.27. The van der Waals surface area contributed by atoms with Gasteiger partial charge in [0, 0.05) is 12.1 Å². The van der Waals surface area contributed by atoms with Crippen LogP contribution < -0.4 is 10.6 Å². The van der Waals surface area contributed by atoms with Gasteiger partial charge >= 0.3 is 18.0 Å². The maximum absolute atomic E-state index is 11.5. The summed E-state index contributed by atoms with van der Waals surface area (Å²) < 4.78 is 0. The number of amides is 2. The maximum Gasteiger partial charge on any atom is 0.326 e. The van der Waals surface area contributed by atoms with Crippen molar-refractivity contribution in [1.29, 1.82) is 0 Å². The number of anilines is 1. The summed E-state index contributed by atoms with van der Waals surface area (Å²) in [6.45, 7) is 0. The number of carboxylic acid groups (broad SMARTS) is 2. The van der Waals surface area contributed by atoms with Gasteiger partial charge < -0.3 is 20.8 Å². The second kappa shape index (κ2) is 7.00. The van der Waals surface area contributed by atoms with Crippen LogP contribution >= 0.6 is 0 Å². The van der Waals surface area contributed by atoms with Crippen molar-refractivity contribution in [3.8, 4) is 0 Å². The molecule has 0 spiro atoms. The predicted octanol–water partition coefficient (Wildman–Crippen LogP) is 1.13. The number of carboxylic acids is 2. The molecule has 0 saturated carbocycles. The van der Waals surface area contributed by atoms with E-state index in [0.717, 1.165) is 0 Å². The zero-order valence-corrected chi connectivity index (χ0v) is 10.00. The fraction of sp³-hybridized carbons (Fsp3) is 0.250. The number of benzene rings is 1. The number of hydrogen-bond donors (Lipinski definition) is 4. The van der Waals surface area contributed by atoms with E-state index in [4.69, 9.17) is 10.2 Å². The number of urea groups is 1. The third-order valence-electron chi connectivity index (χ3n) is 2.28. The zero-order valence-electron chi connectivity index (χ0n) is 10.00. The summed E-state index contributed by atoms with van der Waals surface area (Å²) in [5, 5.41) is 22.0. The fourth-order valence-electron chi connectivity index (χ4n) is 1.37. The lowest BCUT2D eigenvalue weighted by atomic mass is 10.1. The predicted molar refractivity (Wildman–Crippen MR) is 66.9 cm³/mol.